The van der Waals surface area contributed by atoms with Gasteiger partial charge in [-0.05, 0) is 35.4 Å². The average Bonchev–Trinajstić information content (AvgIpc) is 3.06. The van der Waals surface area contributed by atoms with Crippen LogP contribution in [0.1, 0.15) is 38.1 Å². The maximum Gasteiger partial charge on any atom is 0.234 e. The van der Waals surface area contributed by atoms with Crippen LogP contribution in [0.15, 0.2) is 23.4 Å². The number of nitrogens with zero attached hydrogens (tertiary/aromatic N) is 4. The third kappa shape index (κ3) is 4.20. The predicted molar refractivity (Wildman–Crippen MR) is 95.8 cm³/mol. The molecule has 1 amide bonds. The summed E-state index contributed by atoms with van der Waals surface area (Å²) in [4.78, 5) is 12.1. The van der Waals surface area contributed by atoms with Gasteiger partial charge in [-0.25, -0.2) is 4.68 Å². The van der Waals surface area contributed by atoms with E-state index in [1.807, 2.05) is 4.68 Å². The lowest BCUT2D eigenvalue weighted by atomic mass is 9.96. The molecule has 0 radical (unpaired) electrons. The molecule has 6 nitrogen and oxygen atoms in total. The molecule has 1 heterocycles. The van der Waals surface area contributed by atoms with Crippen molar-refractivity contribution in [2.24, 2.45) is 0 Å². The lowest BCUT2D eigenvalue weighted by molar-refractivity contribution is -0.113. The number of amides is 1. The van der Waals surface area contributed by atoms with Gasteiger partial charge in [-0.1, -0.05) is 60.3 Å². The smallest absolute Gasteiger partial charge is 0.234 e. The highest BCUT2D eigenvalue weighted by atomic mass is 35.5. The Bertz CT molecular complexity index is 718. The van der Waals surface area contributed by atoms with E-state index in [0.717, 1.165) is 12.8 Å². The van der Waals surface area contributed by atoms with Gasteiger partial charge in [0.05, 0.1) is 27.5 Å². The maximum absolute atomic E-state index is 12.1. The van der Waals surface area contributed by atoms with Crippen molar-refractivity contribution in [2.45, 2.75) is 43.3 Å². The first kappa shape index (κ1) is 17.5. The van der Waals surface area contributed by atoms with Crippen LogP contribution < -0.4 is 5.32 Å². The summed E-state index contributed by atoms with van der Waals surface area (Å²) in [6.45, 7) is 0. The zero-order chi connectivity index (χ0) is 16.9. The summed E-state index contributed by atoms with van der Waals surface area (Å²) in [5.41, 5.74) is 0.502. The Morgan fingerprint density at radius 2 is 2.08 bits per heavy atom. The van der Waals surface area contributed by atoms with E-state index in [1.165, 1.54) is 31.0 Å². The highest BCUT2D eigenvalue weighted by Gasteiger charge is 2.21. The van der Waals surface area contributed by atoms with Crippen LogP contribution in [0.4, 0.5) is 5.69 Å². The SMILES string of the molecule is O=C(CSc1nnnn1C1CCCCC1)Nc1cccc(Cl)c1Cl. The number of carbonyl (C=O) groups excluding carboxylic acids is 1. The third-order valence-electron chi connectivity index (χ3n) is 3.94. The standard InChI is InChI=1S/C15H17Cl2N5OS/c16-11-7-4-8-12(14(11)17)18-13(23)9-24-15-19-20-21-22(15)10-5-2-1-3-6-10/h4,7-8,10H,1-3,5-6,9H2,(H,18,23). The summed E-state index contributed by atoms with van der Waals surface area (Å²) in [7, 11) is 0. The second-order valence-electron chi connectivity index (χ2n) is 5.64. The highest BCUT2D eigenvalue weighted by Crippen LogP contribution is 2.31. The van der Waals surface area contributed by atoms with Crippen molar-refractivity contribution in [1.82, 2.24) is 20.2 Å². The first-order valence-corrected chi connectivity index (χ1v) is 9.54. The van der Waals surface area contributed by atoms with E-state index in [4.69, 9.17) is 23.2 Å². The Kier molecular flexibility index (Phi) is 5.97. The van der Waals surface area contributed by atoms with Gasteiger partial charge in [0.1, 0.15) is 0 Å². The van der Waals surface area contributed by atoms with Gasteiger partial charge in [0.2, 0.25) is 11.1 Å². The van der Waals surface area contributed by atoms with E-state index < -0.39 is 0 Å². The molecule has 0 saturated heterocycles. The summed E-state index contributed by atoms with van der Waals surface area (Å²) in [5.74, 6) is 0.0259. The minimum Gasteiger partial charge on any atom is -0.324 e. The van der Waals surface area contributed by atoms with Crippen LogP contribution in [-0.4, -0.2) is 31.9 Å². The van der Waals surface area contributed by atoms with Crippen molar-refractivity contribution < 1.29 is 4.79 Å². The zero-order valence-electron chi connectivity index (χ0n) is 12.9. The number of anilines is 1. The summed E-state index contributed by atoms with van der Waals surface area (Å²) >= 11 is 13.3. The quantitative estimate of drug-likeness (QED) is 0.779. The molecule has 2 aromatic rings. The minimum absolute atomic E-state index is 0.178. The Balaban J connectivity index is 1.59. The molecule has 1 aromatic heterocycles. The molecule has 3 rings (SSSR count). The number of aromatic nitrogens is 4. The number of benzene rings is 1. The van der Waals surface area contributed by atoms with Gasteiger partial charge in [-0.15, -0.1) is 5.10 Å². The number of hydrogen-bond donors (Lipinski definition) is 1. The van der Waals surface area contributed by atoms with E-state index in [9.17, 15) is 4.79 Å². The molecule has 9 heteroatoms. The molecule has 1 saturated carbocycles. The molecular weight excluding hydrogens is 369 g/mol. The fourth-order valence-electron chi connectivity index (χ4n) is 2.75. The number of tetrazole rings is 1. The van der Waals surface area contributed by atoms with Crippen LogP contribution in [0.25, 0.3) is 0 Å². The summed E-state index contributed by atoms with van der Waals surface area (Å²) in [6, 6.07) is 5.46. The lowest BCUT2D eigenvalue weighted by Crippen LogP contribution is -2.17. The van der Waals surface area contributed by atoms with Gasteiger partial charge >= 0.3 is 0 Å². The van der Waals surface area contributed by atoms with Gasteiger partial charge in [-0.3, -0.25) is 4.79 Å². The van der Waals surface area contributed by atoms with Crippen molar-refractivity contribution in [3.05, 3.63) is 28.2 Å². The van der Waals surface area contributed by atoms with Gasteiger partial charge in [0.25, 0.3) is 0 Å². The molecule has 1 fully saturated rings. The van der Waals surface area contributed by atoms with Gasteiger partial charge in [-0.2, -0.15) is 0 Å². The van der Waals surface area contributed by atoms with E-state index in [1.54, 1.807) is 18.2 Å². The van der Waals surface area contributed by atoms with Crippen LogP contribution in [0.5, 0.6) is 0 Å². The summed E-state index contributed by atoms with van der Waals surface area (Å²) < 4.78 is 1.85. The fourth-order valence-corrected chi connectivity index (χ4v) is 3.84. The number of nitrogens with one attached hydrogen (secondary N) is 1. The van der Waals surface area contributed by atoms with Crippen LogP contribution in [0.3, 0.4) is 0 Å². The number of carbonyl (C=O) groups is 1. The van der Waals surface area contributed by atoms with E-state index >= 15 is 0 Å². The molecule has 0 atom stereocenters. The van der Waals surface area contributed by atoms with Gasteiger partial charge in [0.15, 0.2) is 0 Å². The summed E-state index contributed by atoms with van der Waals surface area (Å²) in [5, 5.41) is 16.1. The fraction of sp³-hybridized carbons (Fsp3) is 0.467. The van der Waals surface area contributed by atoms with Gasteiger partial charge < -0.3 is 5.32 Å². The van der Waals surface area contributed by atoms with Crippen LogP contribution >= 0.6 is 35.0 Å². The molecule has 1 aromatic carbocycles. The Hall–Kier alpha value is -1.31. The number of rotatable bonds is 5. The number of thioether (sulfide) groups is 1. The Morgan fingerprint density at radius 3 is 2.88 bits per heavy atom. The van der Waals surface area contributed by atoms with Crippen molar-refractivity contribution >= 4 is 46.6 Å². The Morgan fingerprint density at radius 1 is 1.29 bits per heavy atom. The van der Waals surface area contributed by atoms with Crippen LogP contribution in [-0.2, 0) is 4.79 Å². The Labute approximate surface area is 154 Å². The second kappa shape index (κ2) is 8.18. The van der Waals surface area contributed by atoms with Crippen molar-refractivity contribution in [1.29, 1.82) is 0 Å². The molecule has 0 aliphatic heterocycles. The van der Waals surface area contributed by atoms with Crippen molar-refractivity contribution in [3.8, 4) is 0 Å². The average molecular weight is 386 g/mol. The topological polar surface area (TPSA) is 72.7 Å². The van der Waals surface area contributed by atoms with E-state index in [-0.39, 0.29) is 11.7 Å². The molecular formula is C15H17Cl2N5OS. The van der Waals surface area contributed by atoms with E-state index in [0.29, 0.717) is 26.9 Å². The largest absolute Gasteiger partial charge is 0.324 e. The second-order valence-corrected chi connectivity index (χ2v) is 7.36. The van der Waals surface area contributed by atoms with Gasteiger partial charge in [0, 0.05) is 0 Å². The highest BCUT2D eigenvalue weighted by molar-refractivity contribution is 7.99. The van der Waals surface area contributed by atoms with Crippen LogP contribution in [0, 0.1) is 0 Å². The summed E-state index contributed by atoms with van der Waals surface area (Å²) in [6.07, 6.45) is 5.83. The molecule has 1 aliphatic carbocycles. The van der Waals surface area contributed by atoms with Crippen molar-refractivity contribution in [2.75, 3.05) is 11.1 Å². The molecule has 0 spiro atoms. The normalized spacial score (nSPS) is 15.4. The molecule has 128 valence electrons. The zero-order valence-corrected chi connectivity index (χ0v) is 15.2. The molecule has 1 aliphatic rings. The minimum atomic E-state index is -0.178. The first-order chi connectivity index (χ1) is 11.6. The predicted octanol–water partition coefficient (Wildman–Crippen LogP) is 4.22. The molecule has 24 heavy (non-hydrogen) atoms. The first-order valence-electron chi connectivity index (χ1n) is 7.79. The number of halogens is 2. The van der Waals surface area contributed by atoms with Crippen LogP contribution in [0.2, 0.25) is 10.0 Å². The number of hydrogen-bond acceptors (Lipinski definition) is 5. The molecule has 0 bridgehead atoms. The van der Waals surface area contributed by atoms with Crippen molar-refractivity contribution in [3.63, 3.8) is 0 Å². The van der Waals surface area contributed by atoms with E-state index in [2.05, 4.69) is 20.8 Å². The molecule has 1 N–H and O–H groups in total. The third-order valence-corrected chi connectivity index (χ3v) is 5.69. The monoisotopic (exact) mass is 385 g/mol. The molecule has 0 unspecified atom stereocenters. The maximum atomic E-state index is 12.1. The lowest BCUT2D eigenvalue weighted by Gasteiger charge is -2.21.